The molecule has 0 heterocycles. The van der Waals surface area contributed by atoms with Crippen molar-refractivity contribution in [2.75, 3.05) is 13.1 Å². The molecule has 2 nitrogen and oxygen atoms in total. The smallest absolute Gasteiger partial charge is 0.162 e. The molecule has 0 saturated carbocycles. The van der Waals surface area contributed by atoms with E-state index in [0.29, 0.717) is 5.56 Å². The average Bonchev–Trinajstić information content (AvgIpc) is 2.29. The lowest BCUT2D eigenvalue weighted by Crippen LogP contribution is -2.48. The average molecular weight is 210 g/mol. The van der Waals surface area contributed by atoms with Crippen molar-refractivity contribution in [1.29, 1.82) is 0 Å². The van der Waals surface area contributed by atoms with E-state index in [1.54, 1.807) is 12.1 Å². The maximum absolute atomic E-state index is 14.6. The second kappa shape index (κ2) is 5.24. The Labute approximate surface area is 90.7 Å². The van der Waals surface area contributed by atoms with Crippen molar-refractivity contribution in [1.82, 2.24) is 5.32 Å². The summed E-state index contributed by atoms with van der Waals surface area (Å²) >= 11 is 0. The predicted octanol–water partition coefficient (Wildman–Crippen LogP) is 1.81. The molecule has 3 N–H and O–H groups in total. The molecule has 2 atom stereocenters. The number of nitrogens with two attached hydrogens (primary N) is 1. The number of halogens is 1. The standard InChI is InChI=1S/C12H19FN2/c1-3-15-10(2)12(13,9-14)11-7-5-4-6-8-11/h4-8,10,15H,3,9,14H2,1-2H3. The van der Waals surface area contributed by atoms with Crippen LogP contribution >= 0.6 is 0 Å². The van der Waals surface area contributed by atoms with Gasteiger partial charge in [0.15, 0.2) is 5.67 Å². The van der Waals surface area contributed by atoms with Gasteiger partial charge in [0.25, 0.3) is 0 Å². The molecule has 2 unspecified atom stereocenters. The highest BCUT2D eigenvalue weighted by Crippen LogP contribution is 2.28. The lowest BCUT2D eigenvalue weighted by molar-refractivity contribution is 0.122. The van der Waals surface area contributed by atoms with Gasteiger partial charge in [-0.15, -0.1) is 0 Å². The van der Waals surface area contributed by atoms with E-state index in [2.05, 4.69) is 5.32 Å². The second-order valence-electron chi connectivity index (χ2n) is 3.71. The van der Waals surface area contributed by atoms with Crippen molar-refractivity contribution < 1.29 is 4.39 Å². The molecular weight excluding hydrogens is 191 g/mol. The highest BCUT2D eigenvalue weighted by Gasteiger charge is 2.36. The minimum atomic E-state index is -1.49. The first kappa shape index (κ1) is 12.1. The van der Waals surface area contributed by atoms with Gasteiger partial charge < -0.3 is 11.1 Å². The van der Waals surface area contributed by atoms with Crippen molar-refractivity contribution in [2.45, 2.75) is 25.6 Å². The Bertz CT molecular complexity index is 289. The van der Waals surface area contributed by atoms with E-state index in [9.17, 15) is 4.39 Å². The number of benzene rings is 1. The van der Waals surface area contributed by atoms with Crippen LogP contribution in [0.5, 0.6) is 0 Å². The molecule has 0 radical (unpaired) electrons. The van der Waals surface area contributed by atoms with Crippen LogP contribution in [0.1, 0.15) is 19.4 Å². The zero-order valence-corrected chi connectivity index (χ0v) is 9.33. The number of alkyl halides is 1. The molecule has 84 valence electrons. The summed E-state index contributed by atoms with van der Waals surface area (Å²) in [6.45, 7) is 4.51. The molecule has 15 heavy (non-hydrogen) atoms. The Kier molecular flexibility index (Phi) is 4.24. The van der Waals surface area contributed by atoms with E-state index in [4.69, 9.17) is 5.73 Å². The third-order valence-electron chi connectivity index (χ3n) is 2.75. The maximum atomic E-state index is 14.6. The number of hydrogen-bond acceptors (Lipinski definition) is 2. The monoisotopic (exact) mass is 210 g/mol. The third-order valence-corrected chi connectivity index (χ3v) is 2.75. The fourth-order valence-corrected chi connectivity index (χ4v) is 1.73. The largest absolute Gasteiger partial charge is 0.327 e. The molecule has 1 aromatic carbocycles. The van der Waals surface area contributed by atoms with Gasteiger partial charge in [-0.3, -0.25) is 0 Å². The highest BCUT2D eigenvalue weighted by atomic mass is 19.1. The van der Waals surface area contributed by atoms with E-state index in [0.717, 1.165) is 6.54 Å². The van der Waals surface area contributed by atoms with Crippen molar-refractivity contribution in [3.8, 4) is 0 Å². The normalized spacial score (nSPS) is 17.1. The van der Waals surface area contributed by atoms with Crippen LogP contribution in [0.15, 0.2) is 30.3 Å². The quantitative estimate of drug-likeness (QED) is 0.778. The summed E-state index contributed by atoms with van der Waals surface area (Å²) in [5, 5.41) is 3.08. The van der Waals surface area contributed by atoms with Gasteiger partial charge in [0.1, 0.15) is 0 Å². The summed E-state index contributed by atoms with van der Waals surface area (Å²) in [6, 6.07) is 8.81. The van der Waals surface area contributed by atoms with Gasteiger partial charge in [0, 0.05) is 12.6 Å². The Balaban J connectivity index is 2.94. The Morgan fingerprint density at radius 3 is 2.47 bits per heavy atom. The van der Waals surface area contributed by atoms with Gasteiger partial charge in [0.2, 0.25) is 0 Å². The van der Waals surface area contributed by atoms with Crippen LogP contribution in [0.3, 0.4) is 0 Å². The third kappa shape index (κ3) is 2.55. The van der Waals surface area contributed by atoms with Crippen LogP contribution < -0.4 is 11.1 Å². The SMILES string of the molecule is CCNC(C)C(F)(CN)c1ccccc1. The van der Waals surface area contributed by atoms with Crippen molar-refractivity contribution in [3.63, 3.8) is 0 Å². The molecule has 0 bridgehead atoms. The molecule has 1 rings (SSSR count). The van der Waals surface area contributed by atoms with Crippen LogP contribution in [0, 0.1) is 0 Å². The lowest BCUT2D eigenvalue weighted by atomic mass is 9.89. The molecule has 0 aliphatic heterocycles. The van der Waals surface area contributed by atoms with Crippen LogP contribution in [-0.4, -0.2) is 19.1 Å². The Morgan fingerprint density at radius 2 is 2.00 bits per heavy atom. The summed E-state index contributed by atoms with van der Waals surface area (Å²) in [6.07, 6.45) is 0. The molecule has 0 saturated heterocycles. The zero-order chi connectivity index (χ0) is 11.3. The van der Waals surface area contributed by atoms with Gasteiger partial charge >= 0.3 is 0 Å². The Hall–Kier alpha value is -0.930. The van der Waals surface area contributed by atoms with Gasteiger partial charge in [0.05, 0.1) is 0 Å². The van der Waals surface area contributed by atoms with Crippen LogP contribution in [0.4, 0.5) is 4.39 Å². The number of hydrogen-bond donors (Lipinski definition) is 2. The maximum Gasteiger partial charge on any atom is 0.162 e. The summed E-state index contributed by atoms with van der Waals surface area (Å²) in [4.78, 5) is 0. The van der Waals surface area contributed by atoms with Crippen LogP contribution in [0.2, 0.25) is 0 Å². The first-order valence-corrected chi connectivity index (χ1v) is 5.33. The van der Waals surface area contributed by atoms with E-state index >= 15 is 0 Å². The van der Waals surface area contributed by atoms with Gasteiger partial charge in [-0.1, -0.05) is 37.3 Å². The van der Waals surface area contributed by atoms with Gasteiger partial charge in [-0.25, -0.2) is 4.39 Å². The number of likely N-dealkylation sites (N-methyl/N-ethyl adjacent to an activating group) is 1. The molecule has 0 aliphatic rings. The van der Waals surface area contributed by atoms with E-state index in [1.165, 1.54) is 0 Å². The highest BCUT2D eigenvalue weighted by molar-refractivity contribution is 5.24. The summed E-state index contributed by atoms with van der Waals surface area (Å²) in [7, 11) is 0. The molecular formula is C12H19FN2. The summed E-state index contributed by atoms with van der Waals surface area (Å²) in [5.41, 5.74) is 4.71. The molecule has 3 heteroatoms. The first-order chi connectivity index (χ1) is 7.15. The fourth-order valence-electron chi connectivity index (χ4n) is 1.73. The van der Waals surface area contributed by atoms with Gasteiger partial charge in [-0.2, -0.15) is 0 Å². The second-order valence-corrected chi connectivity index (χ2v) is 3.71. The molecule has 0 amide bonds. The topological polar surface area (TPSA) is 38.0 Å². The van der Waals surface area contributed by atoms with Crippen molar-refractivity contribution in [2.24, 2.45) is 5.73 Å². The summed E-state index contributed by atoms with van der Waals surface area (Å²) in [5.74, 6) is 0. The Morgan fingerprint density at radius 1 is 1.40 bits per heavy atom. The lowest BCUT2D eigenvalue weighted by Gasteiger charge is -2.31. The molecule has 0 fully saturated rings. The van der Waals surface area contributed by atoms with Crippen LogP contribution in [0.25, 0.3) is 0 Å². The molecule has 0 spiro atoms. The molecule has 0 aliphatic carbocycles. The van der Waals surface area contributed by atoms with Crippen molar-refractivity contribution >= 4 is 0 Å². The van der Waals surface area contributed by atoms with E-state index in [-0.39, 0.29) is 12.6 Å². The fraction of sp³-hybridized carbons (Fsp3) is 0.500. The number of nitrogens with one attached hydrogen (secondary N) is 1. The van der Waals surface area contributed by atoms with E-state index < -0.39 is 5.67 Å². The number of rotatable bonds is 5. The minimum Gasteiger partial charge on any atom is -0.327 e. The summed E-state index contributed by atoms with van der Waals surface area (Å²) < 4.78 is 14.6. The molecule has 0 aromatic heterocycles. The minimum absolute atomic E-state index is 0.00875. The molecule has 1 aromatic rings. The predicted molar refractivity (Wildman–Crippen MR) is 61.4 cm³/mol. The van der Waals surface area contributed by atoms with E-state index in [1.807, 2.05) is 32.0 Å². The van der Waals surface area contributed by atoms with Crippen LogP contribution in [-0.2, 0) is 5.67 Å². The van der Waals surface area contributed by atoms with Crippen molar-refractivity contribution in [3.05, 3.63) is 35.9 Å². The first-order valence-electron chi connectivity index (χ1n) is 5.33. The zero-order valence-electron chi connectivity index (χ0n) is 9.33. The van der Waals surface area contributed by atoms with Gasteiger partial charge in [-0.05, 0) is 19.0 Å².